The van der Waals surface area contributed by atoms with E-state index in [4.69, 9.17) is 4.74 Å². The quantitative estimate of drug-likeness (QED) is 0.614. The Morgan fingerprint density at radius 3 is 2.60 bits per heavy atom. The van der Waals surface area contributed by atoms with Crippen LogP contribution in [0.2, 0.25) is 0 Å². The van der Waals surface area contributed by atoms with Gasteiger partial charge in [-0.15, -0.1) is 0 Å². The van der Waals surface area contributed by atoms with Crippen LogP contribution in [-0.4, -0.2) is 17.9 Å². The first-order valence-corrected chi connectivity index (χ1v) is 8.26. The first kappa shape index (κ1) is 17.1. The second-order valence-electron chi connectivity index (χ2n) is 5.23. The number of nitrogens with zero attached hydrogens (tertiary/aromatic N) is 2. The Morgan fingerprint density at radius 2 is 1.88 bits per heavy atom. The van der Waals surface area contributed by atoms with Crippen molar-refractivity contribution in [2.75, 3.05) is 11.9 Å². The van der Waals surface area contributed by atoms with Gasteiger partial charge in [0.1, 0.15) is 17.1 Å². The molecular formula is C19H14BrFN2O2. The van der Waals surface area contributed by atoms with Crippen LogP contribution in [-0.2, 0) is 0 Å². The summed E-state index contributed by atoms with van der Waals surface area (Å²) in [6.45, 7) is 0. The smallest absolute Gasteiger partial charge is 0.263 e. The molecule has 2 aromatic carbocycles. The Bertz CT molecular complexity index is 903. The third-order valence-electron chi connectivity index (χ3n) is 3.55. The summed E-state index contributed by atoms with van der Waals surface area (Å²) >= 11 is 3.24. The van der Waals surface area contributed by atoms with Gasteiger partial charge in [-0.25, -0.2) is 9.37 Å². The first-order valence-electron chi connectivity index (χ1n) is 7.47. The summed E-state index contributed by atoms with van der Waals surface area (Å²) in [4.78, 5) is 18.5. The fraction of sp³-hybridized carbons (Fsp3) is 0.0526. The van der Waals surface area contributed by atoms with Crippen LogP contribution in [0.3, 0.4) is 0 Å². The lowest BCUT2D eigenvalue weighted by atomic mass is 10.2. The fourth-order valence-electron chi connectivity index (χ4n) is 2.25. The van der Waals surface area contributed by atoms with Gasteiger partial charge >= 0.3 is 0 Å². The number of hydrogen-bond donors (Lipinski definition) is 0. The second-order valence-corrected chi connectivity index (χ2v) is 6.09. The van der Waals surface area contributed by atoms with Crippen LogP contribution in [0, 0.1) is 5.82 Å². The standard InChI is InChI=1S/C19H14BrFN2O2/c1-23(14-6-3-2-4-7-14)19(24)15-8-5-11-22-18(15)25-17-10-9-13(21)12-16(17)20/h2-12H,1H3. The van der Waals surface area contributed by atoms with Gasteiger partial charge in [0.25, 0.3) is 5.91 Å². The van der Waals surface area contributed by atoms with Gasteiger partial charge in [0, 0.05) is 18.9 Å². The number of amides is 1. The van der Waals surface area contributed by atoms with Gasteiger partial charge in [0.15, 0.2) is 0 Å². The van der Waals surface area contributed by atoms with E-state index in [1.54, 1.807) is 19.2 Å². The summed E-state index contributed by atoms with van der Waals surface area (Å²) in [6.07, 6.45) is 1.53. The number of carbonyl (C=O) groups excluding carboxylic acids is 1. The maximum atomic E-state index is 13.2. The largest absolute Gasteiger partial charge is 0.437 e. The van der Waals surface area contributed by atoms with Crippen LogP contribution < -0.4 is 9.64 Å². The summed E-state index contributed by atoms with van der Waals surface area (Å²) < 4.78 is 19.4. The van der Waals surface area contributed by atoms with Crippen LogP contribution in [0.15, 0.2) is 71.3 Å². The van der Waals surface area contributed by atoms with Crippen LogP contribution in [0.25, 0.3) is 0 Å². The van der Waals surface area contributed by atoms with E-state index in [-0.39, 0.29) is 17.6 Å². The predicted octanol–water partition coefficient (Wildman–Crippen LogP) is 5.05. The Labute approximate surface area is 153 Å². The summed E-state index contributed by atoms with van der Waals surface area (Å²) in [5, 5.41) is 0. The van der Waals surface area contributed by atoms with Crippen molar-refractivity contribution in [3.05, 3.63) is 82.7 Å². The summed E-state index contributed by atoms with van der Waals surface area (Å²) in [5.41, 5.74) is 1.07. The van der Waals surface area contributed by atoms with Crippen molar-refractivity contribution in [1.82, 2.24) is 4.98 Å². The second kappa shape index (κ2) is 7.44. The van der Waals surface area contributed by atoms with Crippen molar-refractivity contribution >= 4 is 27.5 Å². The molecule has 25 heavy (non-hydrogen) atoms. The van der Waals surface area contributed by atoms with Crippen molar-refractivity contribution in [2.45, 2.75) is 0 Å². The highest BCUT2D eigenvalue weighted by Gasteiger charge is 2.20. The molecule has 0 spiro atoms. The summed E-state index contributed by atoms with van der Waals surface area (Å²) in [6, 6.07) is 16.6. The summed E-state index contributed by atoms with van der Waals surface area (Å²) in [7, 11) is 1.68. The number of halogens is 2. The zero-order chi connectivity index (χ0) is 17.8. The molecule has 126 valence electrons. The van der Waals surface area contributed by atoms with Crippen molar-refractivity contribution in [3.63, 3.8) is 0 Å². The van der Waals surface area contributed by atoms with Crippen LogP contribution in [0.4, 0.5) is 10.1 Å². The van der Waals surface area contributed by atoms with Gasteiger partial charge in [-0.3, -0.25) is 4.79 Å². The van der Waals surface area contributed by atoms with Gasteiger partial charge in [0.2, 0.25) is 5.88 Å². The molecule has 0 saturated carbocycles. The van der Waals surface area contributed by atoms with Gasteiger partial charge < -0.3 is 9.64 Å². The number of benzene rings is 2. The molecule has 6 heteroatoms. The van der Waals surface area contributed by atoms with E-state index in [1.807, 2.05) is 30.3 Å². The Morgan fingerprint density at radius 1 is 1.12 bits per heavy atom. The molecule has 0 saturated heterocycles. The van der Waals surface area contributed by atoms with Crippen molar-refractivity contribution in [2.24, 2.45) is 0 Å². The highest BCUT2D eigenvalue weighted by Crippen LogP contribution is 2.31. The molecular weight excluding hydrogens is 387 g/mol. The molecule has 0 atom stereocenters. The molecule has 0 aliphatic carbocycles. The van der Waals surface area contributed by atoms with Gasteiger partial charge in [0.05, 0.1) is 4.47 Å². The Balaban J connectivity index is 1.92. The minimum Gasteiger partial charge on any atom is -0.437 e. The molecule has 3 aromatic rings. The lowest BCUT2D eigenvalue weighted by Gasteiger charge is -2.18. The molecule has 1 amide bonds. The number of pyridine rings is 1. The van der Waals surface area contributed by atoms with Crippen LogP contribution in [0.5, 0.6) is 11.6 Å². The zero-order valence-corrected chi connectivity index (χ0v) is 14.9. The van der Waals surface area contributed by atoms with E-state index in [0.717, 1.165) is 5.69 Å². The molecule has 0 N–H and O–H groups in total. The summed E-state index contributed by atoms with van der Waals surface area (Å²) in [5.74, 6) is -0.119. The third-order valence-corrected chi connectivity index (χ3v) is 4.17. The van der Waals surface area contributed by atoms with Crippen molar-refractivity contribution in [1.29, 1.82) is 0 Å². The third kappa shape index (κ3) is 3.85. The zero-order valence-electron chi connectivity index (χ0n) is 13.3. The average molecular weight is 401 g/mol. The Hall–Kier alpha value is -2.73. The number of ether oxygens (including phenoxy) is 1. The molecule has 0 unspecified atom stereocenters. The minimum absolute atomic E-state index is 0.155. The van der Waals surface area contributed by atoms with Crippen molar-refractivity contribution < 1.29 is 13.9 Å². The highest BCUT2D eigenvalue weighted by molar-refractivity contribution is 9.10. The molecule has 4 nitrogen and oxygen atoms in total. The molecule has 0 radical (unpaired) electrons. The molecule has 0 fully saturated rings. The van der Waals surface area contributed by atoms with E-state index in [9.17, 15) is 9.18 Å². The number of carbonyl (C=O) groups is 1. The lowest BCUT2D eigenvalue weighted by molar-refractivity contribution is 0.0990. The Kier molecular flexibility index (Phi) is 5.09. The molecule has 3 rings (SSSR count). The number of aromatic nitrogens is 1. The van der Waals surface area contributed by atoms with E-state index in [0.29, 0.717) is 15.8 Å². The van der Waals surface area contributed by atoms with Crippen LogP contribution >= 0.6 is 15.9 Å². The maximum Gasteiger partial charge on any atom is 0.263 e. The van der Waals surface area contributed by atoms with Gasteiger partial charge in [-0.2, -0.15) is 0 Å². The fourth-order valence-corrected chi connectivity index (χ4v) is 2.68. The lowest BCUT2D eigenvalue weighted by Crippen LogP contribution is -2.26. The van der Waals surface area contributed by atoms with E-state index >= 15 is 0 Å². The molecule has 0 aliphatic heterocycles. The number of anilines is 1. The normalized spacial score (nSPS) is 10.4. The minimum atomic E-state index is -0.389. The highest BCUT2D eigenvalue weighted by atomic mass is 79.9. The van der Waals surface area contributed by atoms with E-state index in [2.05, 4.69) is 20.9 Å². The number of para-hydroxylation sites is 1. The molecule has 0 aliphatic rings. The topological polar surface area (TPSA) is 42.4 Å². The molecule has 1 aromatic heterocycles. The maximum absolute atomic E-state index is 13.2. The first-order chi connectivity index (χ1) is 12.1. The van der Waals surface area contributed by atoms with E-state index in [1.165, 1.54) is 29.3 Å². The average Bonchev–Trinajstić information content (AvgIpc) is 2.64. The SMILES string of the molecule is CN(C(=O)c1cccnc1Oc1ccc(F)cc1Br)c1ccccc1. The predicted molar refractivity (Wildman–Crippen MR) is 97.6 cm³/mol. The van der Waals surface area contributed by atoms with Gasteiger partial charge in [-0.05, 0) is 58.4 Å². The molecule has 0 bridgehead atoms. The van der Waals surface area contributed by atoms with E-state index < -0.39 is 0 Å². The number of hydrogen-bond acceptors (Lipinski definition) is 3. The van der Waals surface area contributed by atoms with Gasteiger partial charge in [-0.1, -0.05) is 18.2 Å². The van der Waals surface area contributed by atoms with Crippen LogP contribution in [0.1, 0.15) is 10.4 Å². The number of rotatable bonds is 4. The monoisotopic (exact) mass is 400 g/mol. The molecule has 1 heterocycles. The van der Waals surface area contributed by atoms with Crippen molar-refractivity contribution in [3.8, 4) is 11.6 Å².